The first-order valence-electron chi connectivity index (χ1n) is 5.73. The summed E-state index contributed by atoms with van der Waals surface area (Å²) in [5.74, 6) is 0.227. The van der Waals surface area contributed by atoms with Gasteiger partial charge in [0.05, 0.1) is 5.02 Å². The van der Waals surface area contributed by atoms with Crippen molar-refractivity contribution in [3.63, 3.8) is 0 Å². The largest absolute Gasteiger partial charge is 0.488 e. The van der Waals surface area contributed by atoms with E-state index in [0.717, 1.165) is 12.8 Å². The molecule has 0 saturated heterocycles. The third kappa shape index (κ3) is 2.32. The summed E-state index contributed by atoms with van der Waals surface area (Å²) in [5.41, 5.74) is 0.123. The molecule has 4 heteroatoms. The molecule has 1 aliphatic rings. The summed E-state index contributed by atoms with van der Waals surface area (Å²) in [6, 6.07) is 4.24. The van der Waals surface area contributed by atoms with Crippen molar-refractivity contribution in [3.8, 4) is 5.75 Å². The molecule has 2 rings (SSSR count). The predicted molar refractivity (Wildman–Crippen MR) is 71.6 cm³/mol. The molecule has 1 nitrogen and oxygen atoms in total. The number of hydrogen-bond acceptors (Lipinski definition) is 1. The van der Waals surface area contributed by atoms with Gasteiger partial charge in [-0.3, -0.25) is 0 Å². The maximum atomic E-state index is 12.9. The monoisotopic (exact) mass is 320 g/mol. The van der Waals surface area contributed by atoms with Crippen molar-refractivity contribution < 1.29 is 9.13 Å². The molecule has 94 valence electrons. The summed E-state index contributed by atoms with van der Waals surface area (Å²) in [6.07, 6.45) is 2.13. The molecule has 1 saturated carbocycles. The van der Waals surface area contributed by atoms with E-state index in [4.69, 9.17) is 16.3 Å². The van der Waals surface area contributed by atoms with Crippen LogP contribution >= 0.6 is 27.5 Å². The molecule has 0 aliphatic heterocycles. The van der Waals surface area contributed by atoms with Gasteiger partial charge in [0.1, 0.15) is 17.7 Å². The van der Waals surface area contributed by atoms with E-state index in [1.165, 1.54) is 12.1 Å². The number of ether oxygens (including phenoxy) is 1. The second kappa shape index (κ2) is 4.77. The summed E-state index contributed by atoms with van der Waals surface area (Å²) in [4.78, 5) is 0.476. The van der Waals surface area contributed by atoms with Crippen LogP contribution in [0.4, 0.5) is 4.39 Å². The molecule has 17 heavy (non-hydrogen) atoms. The van der Waals surface area contributed by atoms with Gasteiger partial charge < -0.3 is 4.74 Å². The SMILES string of the molecule is CCC1(C)C(Br)CC1Oc1ccc(F)cc1Cl. The number of hydrogen-bond donors (Lipinski definition) is 0. The summed E-state index contributed by atoms with van der Waals surface area (Å²) < 4.78 is 18.8. The van der Waals surface area contributed by atoms with Gasteiger partial charge >= 0.3 is 0 Å². The van der Waals surface area contributed by atoms with Crippen molar-refractivity contribution in [2.75, 3.05) is 0 Å². The average Bonchev–Trinajstić information content (AvgIpc) is 2.30. The van der Waals surface area contributed by atoms with Gasteiger partial charge in [0.25, 0.3) is 0 Å². The Morgan fingerprint density at radius 1 is 1.59 bits per heavy atom. The first kappa shape index (κ1) is 13.2. The van der Waals surface area contributed by atoms with E-state index < -0.39 is 0 Å². The molecule has 0 spiro atoms. The van der Waals surface area contributed by atoms with Crippen LogP contribution in [-0.4, -0.2) is 10.9 Å². The van der Waals surface area contributed by atoms with E-state index in [2.05, 4.69) is 29.8 Å². The summed E-state index contributed by atoms with van der Waals surface area (Å²) in [7, 11) is 0. The molecule has 3 unspecified atom stereocenters. The first-order valence-corrected chi connectivity index (χ1v) is 7.02. The highest BCUT2D eigenvalue weighted by Gasteiger charge is 2.51. The van der Waals surface area contributed by atoms with Crippen molar-refractivity contribution in [1.29, 1.82) is 0 Å². The Morgan fingerprint density at radius 3 is 2.82 bits per heavy atom. The Kier molecular flexibility index (Phi) is 3.69. The highest BCUT2D eigenvalue weighted by molar-refractivity contribution is 9.09. The molecule has 3 atom stereocenters. The van der Waals surface area contributed by atoms with Crippen LogP contribution in [-0.2, 0) is 0 Å². The minimum atomic E-state index is -0.340. The lowest BCUT2D eigenvalue weighted by molar-refractivity contribution is -0.0243. The number of halogens is 3. The highest BCUT2D eigenvalue weighted by atomic mass is 79.9. The maximum absolute atomic E-state index is 12.9. The second-order valence-corrected chi connectivity index (χ2v) is 6.26. The summed E-state index contributed by atoms with van der Waals surface area (Å²) >= 11 is 9.60. The molecule has 0 radical (unpaired) electrons. The predicted octanol–water partition coefficient (Wildman–Crippen LogP) is 4.81. The standard InChI is InChI=1S/C13H15BrClFO/c1-3-13(2)11(14)7-12(13)17-10-5-4-8(16)6-9(10)15/h4-6,11-12H,3,7H2,1-2H3. The zero-order valence-electron chi connectivity index (χ0n) is 9.84. The van der Waals surface area contributed by atoms with Gasteiger partial charge in [-0.15, -0.1) is 0 Å². The highest BCUT2D eigenvalue weighted by Crippen LogP contribution is 2.50. The van der Waals surface area contributed by atoms with Crippen LogP contribution in [0.2, 0.25) is 5.02 Å². The number of benzene rings is 1. The van der Waals surface area contributed by atoms with E-state index >= 15 is 0 Å². The van der Waals surface area contributed by atoms with Gasteiger partial charge in [-0.05, 0) is 31.0 Å². The molecule has 1 aromatic rings. The van der Waals surface area contributed by atoms with Crippen molar-refractivity contribution in [2.45, 2.75) is 37.6 Å². The molecule has 1 fully saturated rings. The maximum Gasteiger partial charge on any atom is 0.138 e. The van der Waals surface area contributed by atoms with Crippen LogP contribution in [0, 0.1) is 11.2 Å². The molecule has 0 heterocycles. The fourth-order valence-electron chi connectivity index (χ4n) is 2.12. The molecule has 0 amide bonds. The van der Waals surface area contributed by atoms with Gasteiger partial charge in [0.2, 0.25) is 0 Å². The minimum Gasteiger partial charge on any atom is -0.488 e. The van der Waals surface area contributed by atoms with Crippen LogP contribution in [0.3, 0.4) is 0 Å². The van der Waals surface area contributed by atoms with Crippen LogP contribution in [0.25, 0.3) is 0 Å². The van der Waals surface area contributed by atoms with Crippen molar-refractivity contribution in [1.82, 2.24) is 0 Å². The smallest absolute Gasteiger partial charge is 0.138 e. The molecule has 0 aromatic heterocycles. The molecular formula is C13H15BrClFO. The van der Waals surface area contributed by atoms with Crippen LogP contribution < -0.4 is 4.74 Å². The van der Waals surface area contributed by atoms with Crippen LogP contribution in [0.1, 0.15) is 26.7 Å². The van der Waals surface area contributed by atoms with Gasteiger partial charge in [0.15, 0.2) is 0 Å². The minimum absolute atomic E-state index is 0.123. The fraction of sp³-hybridized carbons (Fsp3) is 0.538. The molecule has 1 aromatic carbocycles. The van der Waals surface area contributed by atoms with Gasteiger partial charge in [0, 0.05) is 10.2 Å². The van der Waals surface area contributed by atoms with E-state index in [0.29, 0.717) is 15.6 Å². The Hall–Kier alpha value is -0.280. The van der Waals surface area contributed by atoms with E-state index in [1.807, 2.05) is 0 Å². The second-order valence-electron chi connectivity index (χ2n) is 4.74. The van der Waals surface area contributed by atoms with Crippen molar-refractivity contribution in [2.24, 2.45) is 5.41 Å². The van der Waals surface area contributed by atoms with E-state index in [-0.39, 0.29) is 17.3 Å². The summed E-state index contributed by atoms with van der Waals surface area (Å²) in [6.45, 7) is 4.34. The van der Waals surface area contributed by atoms with E-state index in [1.54, 1.807) is 6.07 Å². The Labute approximate surface area is 114 Å². The number of rotatable bonds is 3. The van der Waals surface area contributed by atoms with E-state index in [9.17, 15) is 4.39 Å². The normalized spacial score (nSPS) is 32.1. The Morgan fingerprint density at radius 2 is 2.29 bits per heavy atom. The first-order chi connectivity index (χ1) is 7.97. The Bertz CT molecular complexity index is 426. The van der Waals surface area contributed by atoms with Gasteiger partial charge in [-0.25, -0.2) is 4.39 Å². The number of alkyl halides is 1. The quantitative estimate of drug-likeness (QED) is 0.726. The zero-order chi connectivity index (χ0) is 12.6. The van der Waals surface area contributed by atoms with Gasteiger partial charge in [-0.2, -0.15) is 0 Å². The zero-order valence-corrected chi connectivity index (χ0v) is 12.2. The average molecular weight is 322 g/mol. The lowest BCUT2D eigenvalue weighted by Crippen LogP contribution is -2.54. The third-order valence-corrected chi connectivity index (χ3v) is 5.51. The topological polar surface area (TPSA) is 9.23 Å². The lowest BCUT2D eigenvalue weighted by atomic mass is 9.65. The van der Waals surface area contributed by atoms with Crippen molar-refractivity contribution in [3.05, 3.63) is 29.0 Å². The van der Waals surface area contributed by atoms with Crippen LogP contribution in [0.5, 0.6) is 5.75 Å². The van der Waals surface area contributed by atoms with Gasteiger partial charge in [-0.1, -0.05) is 41.4 Å². The third-order valence-electron chi connectivity index (χ3n) is 3.80. The fourth-order valence-corrected chi connectivity index (χ4v) is 3.29. The summed E-state index contributed by atoms with van der Waals surface area (Å²) in [5, 5.41) is 0.335. The molecular weight excluding hydrogens is 306 g/mol. The molecule has 0 bridgehead atoms. The van der Waals surface area contributed by atoms with Crippen molar-refractivity contribution >= 4 is 27.5 Å². The Balaban J connectivity index is 2.12. The lowest BCUT2D eigenvalue weighted by Gasteiger charge is -2.50. The molecule has 1 aliphatic carbocycles. The van der Waals surface area contributed by atoms with Crippen LogP contribution in [0.15, 0.2) is 18.2 Å². The molecule has 0 N–H and O–H groups in total.